The Morgan fingerprint density at radius 3 is 3.00 bits per heavy atom. The van der Waals surface area contributed by atoms with Gasteiger partial charge < -0.3 is 4.90 Å². The van der Waals surface area contributed by atoms with Gasteiger partial charge in [0.15, 0.2) is 0 Å². The minimum atomic E-state index is 0.0530. The first kappa shape index (κ1) is 11.0. The van der Waals surface area contributed by atoms with Gasteiger partial charge in [0.05, 0.1) is 5.75 Å². The van der Waals surface area contributed by atoms with Crippen LogP contribution in [0.3, 0.4) is 0 Å². The van der Waals surface area contributed by atoms with Crippen molar-refractivity contribution in [2.75, 3.05) is 19.3 Å². The number of pyridine rings is 1. The summed E-state index contributed by atoms with van der Waals surface area (Å²) in [5.41, 5.74) is 1.14. The molecule has 0 aliphatic rings. The molecule has 0 saturated carbocycles. The number of thiol groups is 1. The van der Waals surface area contributed by atoms with Crippen LogP contribution in [0, 0.1) is 0 Å². The van der Waals surface area contributed by atoms with Crippen LogP contribution in [0.2, 0.25) is 0 Å². The molecule has 0 radical (unpaired) electrons. The molecular weight excluding hydrogens is 196 g/mol. The van der Waals surface area contributed by atoms with E-state index in [1.54, 1.807) is 18.1 Å². The van der Waals surface area contributed by atoms with Crippen LogP contribution < -0.4 is 0 Å². The molecule has 0 aliphatic carbocycles. The number of carbonyl (C=O) groups is 1. The van der Waals surface area contributed by atoms with Crippen LogP contribution in [0.4, 0.5) is 0 Å². The minimum absolute atomic E-state index is 0.0530. The third-order valence-corrected chi connectivity index (χ3v) is 2.29. The summed E-state index contributed by atoms with van der Waals surface area (Å²) in [5, 5.41) is 0. The smallest absolute Gasteiger partial charge is 0.232 e. The maximum absolute atomic E-state index is 11.2. The zero-order valence-corrected chi connectivity index (χ0v) is 9.08. The van der Waals surface area contributed by atoms with E-state index >= 15 is 0 Å². The third-order valence-electron chi connectivity index (χ3n) is 2.02. The average molecular weight is 210 g/mol. The zero-order valence-electron chi connectivity index (χ0n) is 8.18. The molecule has 76 valence electrons. The van der Waals surface area contributed by atoms with Gasteiger partial charge in [-0.05, 0) is 18.1 Å². The van der Waals surface area contributed by atoms with Crippen molar-refractivity contribution in [1.82, 2.24) is 9.88 Å². The van der Waals surface area contributed by atoms with Crippen molar-refractivity contribution >= 4 is 18.5 Å². The summed E-state index contributed by atoms with van der Waals surface area (Å²) in [4.78, 5) is 16.9. The highest BCUT2D eigenvalue weighted by atomic mass is 32.1. The molecule has 0 atom stereocenters. The van der Waals surface area contributed by atoms with E-state index < -0.39 is 0 Å². The number of hydrogen-bond acceptors (Lipinski definition) is 3. The van der Waals surface area contributed by atoms with Gasteiger partial charge >= 0.3 is 0 Å². The second kappa shape index (κ2) is 5.65. The molecule has 0 saturated heterocycles. The fourth-order valence-electron chi connectivity index (χ4n) is 1.09. The lowest BCUT2D eigenvalue weighted by molar-refractivity contribution is -0.127. The summed E-state index contributed by atoms with van der Waals surface area (Å²) in [6.07, 6.45) is 4.40. The van der Waals surface area contributed by atoms with Gasteiger partial charge in [0.25, 0.3) is 0 Å². The maximum atomic E-state index is 11.2. The average Bonchev–Trinajstić information content (AvgIpc) is 2.26. The normalized spacial score (nSPS) is 9.86. The van der Waals surface area contributed by atoms with Gasteiger partial charge in [-0.1, -0.05) is 6.07 Å². The Hall–Kier alpha value is -1.03. The molecule has 4 heteroatoms. The van der Waals surface area contributed by atoms with E-state index in [2.05, 4.69) is 17.6 Å². The third kappa shape index (κ3) is 3.38. The van der Waals surface area contributed by atoms with Gasteiger partial charge in [-0.3, -0.25) is 9.78 Å². The summed E-state index contributed by atoms with van der Waals surface area (Å²) in [7, 11) is 1.79. The van der Waals surface area contributed by atoms with E-state index in [4.69, 9.17) is 0 Å². The molecule has 0 spiro atoms. The standard InChI is InChI=1S/C10H14N2OS/c1-12(10(13)8-14)6-4-9-3-2-5-11-7-9/h2-3,5,7,14H,4,6,8H2,1H3. The summed E-state index contributed by atoms with van der Waals surface area (Å²) >= 11 is 3.93. The van der Waals surface area contributed by atoms with E-state index in [-0.39, 0.29) is 11.7 Å². The monoisotopic (exact) mass is 210 g/mol. The Labute approximate surface area is 89.6 Å². The van der Waals surface area contributed by atoms with E-state index in [9.17, 15) is 4.79 Å². The first-order chi connectivity index (χ1) is 6.74. The highest BCUT2D eigenvalue weighted by molar-refractivity contribution is 7.81. The van der Waals surface area contributed by atoms with Gasteiger partial charge in [0, 0.05) is 26.0 Å². The lowest BCUT2D eigenvalue weighted by atomic mass is 10.2. The van der Waals surface area contributed by atoms with Crippen molar-refractivity contribution in [2.45, 2.75) is 6.42 Å². The molecule has 1 heterocycles. The van der Waals surface area contributed by atoms with Crippen LogP contribution in [0.15, 0.2) is 24.5 Å². The van der Waals surface area contributed by atoms with E-state index in [1.807, 2.05) is 18.3 Å². The fraction of sp³-hybridized carbons (Fsp3) is 0.400. The highest BCUT2D eigenvalue weighted by Gasteiger charge is 2.05. The summed E-state index contributed by atoms with van der Waals surface area (Å²) < 4.78 is 0. The van der Waals surface area contributed by atoms with Crippen molar-refractivity contribution < 1.29 is 4.79 Å². The number of carbonyl (C=O) groups excluding carboxylic acids is 1. The van der Waals surface area contributed by atoms with Gasteiger partial charge in [-0.25, -0.2) is 0 Å². The predicted octanol–water partition coefficient (Wildman–Crippen LogP) is 1.01. The van der Waals surface area contributed by atoms with Crippen molar-refractivity contribution in [1.29, 1.82) is 0 Å². The number of amides is 1. The summed E-state index contributed by atoms with van der Waals surface area (Å²) in [6, 6.07) is 3.90. The van der Waals surface area contributed by atoms with Crippen molar-refractivity contribution in [3.63, 3.8) is 0 Å². The van der Waals surface area contributed by atoms with Gasteiger partial charge in [-0.15, -0.1) is 0 Å². The second-order valence-corrected chi connectivity index (χ2v) is 3.40. The molecular formula is C10H14N2OS. The molecule has 0 fully saturated rings. The molecule has 1 aromatic rings. The largest absolute Gasteiger partial charge is 0.345 e. The SMILES string of the molecule is CN(CCc1cccnc1)C(=O)CS. The fourth-order valence-corrected chi connectivity index (χ4v) is 1.33. The van der Waals surface area contributed by atoms with Crippen LogP contribution in [0.5, 0.6) is 0 Å². The number of rotatable bonds is 4. The first-order valence-electron chi connectivity index (χ1n) is 4.47. The molecule has 1 rings (SSSR count). The minimum Gasteiger partial charge on any atom is -0.345 e. The molecule has 0 aliphatic heterocycles. The van der Waals surface area contributed by atoms with Gasteiger partial charge in [-0.2, -0.15) is 12.6 Å². The molecule has 1 amide bonds. The Balaban J connectivity index is 2.38. The van der Waals surface area contributed by atoms with Crippen molar-refractivity contribution in [3.8, 4) is 0 Å². The molecule has 0 bridgehead atoms. The van der Waals surface area contributed by atoms with E-state index in [1.165, 1.54) is 0 Å². The van der Waals surface area contributed by atoms with E-state index in [0.29, 0.717) is 6.54 Å². The molecule has 14 heavy (non-hydrogen) atoms. The Morgan fingerprint density at radius 1 is 1.64 bits per heavy atom. The maximum Gasteiger partial charge on any atom is 0.232 e. The zero-order chi connectivity index (χ0) is 10.4. The Kier molecular flexibility index (Phi) is 4.46. The van der Waals surface area contributed by atoms with E-state index in [0.717, 1.165) is 12.0 Å². The molecule has 0 unspecified atom stereocenters. The lowest BCUT2D eigenvalue weighted by Gasteiger charge is -2.15. The number of nitrogens with zero attached hydrogens (tertiary/aromatic N) is 2. The van der Waals surface area contributed by atoms with Crippen LogP contribution >= 0.6 is 12.6 Å². The Bertz CT molecular complexity index is 289. The van der Waals surface area contributed by atoms with Crippen LogP contribution in [0.25, 0.3) is 0 Å². The lowest BCUT2D eigenvalue weighted by Crippen LogP contribution is -2.29. The molecule has 0 aromatic carbocycles. The van der Waals surface area contributed by atoms with Crippen molar-refractivity contribution in [3.05, 3.63) is 30.1 Å². The molecule has 1 aromatic heterocycles. The summed E-state index contributed by atoms with van der Waals surface area (Å²) in [5.74, 6) is 0.320. The molecule has 0 N–H and O–H groups in total. The summed E-state index contributed by atoms with van der Waals surface area (Å²) in [6.45, 7) is 0.713. The van der Waals surface area contributed by atoms with Crippen LogP contribution in [0.1, 0.15) is 5.56 Å². The number of hydrogen-bond donors (Lipinski definition) is 1. The van der Waals surface area contributed by atoms with Crippen LogP contribution in [-0.4, -0.2) is 35.1 Å². The quantitative estimate of drug-likeness (QED) is 0.752. The topological polar surface area (TPSA) is 33.2 Å². The van der Waals surface area contributed by atoms with Crippen LogP contribution in [-0.2, 0) is 11.2 Å². The second-order valence-electron chi connectivity index (χ2n) is 3.08. The first-order valence-corrected chi connectivity index (χ1v) is 5.11. The predicted molar refractivity (Wildman–Crippen MR) is 59.4 cm³/mol. The highest BCUT2D eigenvalue weighted by Crippen LogP contribution is 1.98. The number of likely N-dealkylation sites (N-methyl/N-ethyl adjacent to an activating group) is 1. The van der Waals surface area contributed by atoms with Gasteiger partial charge in [0.1, 0.15) is 0 Å². The van der Waals surface area contributed by atoms with Crippen molar-refractivity contribution in [2.24, 2.45) is 0 Å². The molecule has 3 nitrogen and oxygen atoms in total. The van der Waals surface area contributed by atoms with Gasteiger partial charge in [0.2, 0.25) is 5.91 Å². The number of aromatic nitrogens is 1. The Morgan fingerprint density at radius 2 is 2.43 bits per heavy atom.